The van der Waals surface area contributed by atoms with Crippen LogP contribution in [0.3, 0.4) is 0 Å². The number of amides is 2. The summed E-state index contributed by atoms with van der Waals surface area (Å²) in [5.74, 6) is -0.190. The molecule has 0 aliphatic heterocycles. The first kappa shape index (κ1) is 23.4. The predicted molar refractivity (Wildman–Crippen MR) is 121 cm³/mol. The molecule has 3 aromatic rings. The second-order valence-corrected chi connectivity index (χ2v) is 9.30. The van der Waals surface area contributed by atoms with Crippen LogP contribution in [-0.2, 0) is 26.0 Å². The summed E-state index contributed by atoms with van der Waals surface area (Å²) in [7, 11) is -3.72. The molecule has 0 aliphatic rings. The van der Waals surface area contributed by atoms with E-state index in [0.29, 0.717) is 23.8 Å². The van der Waals surface area contributed by atoms with Gasteiger partial charge in [-0.15, -0.1) is 10.2 Å². The van der Waals surface area contributed by atoms with Gasteiger partial charge in [0.15, 0.2) is 5.16 Å². The fourth-order valence-electron chi connectivity index (χ4n) is 2.81. The van der Waals surface area contributed by atoms with Crippen LogP contribution in [0.25, 0.3) is 5.69 Å². The highest BCUT2D eigenvalue weighted by Crippen LogP contribution is 2.21. The highest BCUT2D eigenvalue weighted by Gasteiger charge is 2.11. The van der Waals surface area contributed by atoms with Crippen LogP contribution >= 0.6 is 11.8 Å². The van der Waals surface area contributed by atoms with Crippen molar-refractivity contribution >= 4 is 39.3 Å². The Morgan fingerprint density at radius 2 is 1.91 bits per heavy atom. The molecule has 0 bridgehead atoms. The Kier molecular flexibility index (Phi) is 7.62. The molecule has 0 unspecified atom stereocenters. The van der Waals surface area contributed by atoms with Gasteiger partial charge in [0.2, 0.25) is 21.8 Å². The average molecular weight is 475 g/mol. The molecule has 0 saturated carbocycles. The number of nitrogens with two attached hydrogens (primary N) is 1. The summed E-state index contributed by atoms with van der Waals surface area (Å²) in [5, 5.41) is 19.1. The van der Waals surface area contributed by atoms with E-state index in [9.17, 15) is 18.0 Å². The molecule has 12 heteroatoms. The summed E-state index contributed by atoms with van der Waals surface area (Å²) in [4.78, 5) is 23.5. The molecule has 0 radical (unpaired) electrons. The lowest BCUT2D eigenvalue weighted by molar-refractivity contribution is -0.118. The first-order valence-electron chi connectivity index (χ1n) is 9.51. The van der Waals surface area contributed by atoms with Crippen LogP contribution < -0.4 is 15.8 Å². The molecule has 0 atom stereocenters. The van der Waals surface area contributed by atoms with E-state index < -0.39 is 10.0 Å². The van der Waals surface area contributed by atoms with Crippen molar-refractivity contribution in [1.82, 2.24) is 20.1 Å². The van der Waals surface area contributed by atoms with E-state index in [1.807, 2.05) is 6.07 Å². The van der Waals surface area contributed by atoms with Gasteiger partial charge >= 0.3 is 0 Å². The molecule has 10 nitrogen and oxygen atoms in total. The molecule has 4 N–H and O–H groups in total. The van der Waals surface area contributed by atoms with Crippen molar-refractivity contribution in [1.29, 1.82) is 0 Å². The van der Waals surface area contributed by atoms with Gasteiger partial charge in [-0.1, -0.05) is 30.0 Å². The standard InChI is InChI=1S/C20H22N6O4S2/c1-14(27)24-16-3-2-4-17(11-16)26-13-23-25-20(26)31-12-19(28)22-10-9-15-5-7-18(8-6-15)32(21,29)30/h2-8,11,13H,9-10,12H2,1H3,(H,22,28)(H,24,27)(H2,21,29,30). The molecular formula is C20H22N6O4S2. The number of hydrogen-bond acceptors (Lipinski definition) is 7. The van der Waals surface area contributed by atoms with Crippen molar-refractivity contribution in [2.75, 3.05) is 17.6 Å². The van der Waals surface area contributed by atoms with Crippen LogP contribution in [0.5, 0.6) is 0 Å². The summed E-state index contributed by atoms with van der Waals surface area (Å²) in [6.45, 7) is 1.84. The maximum Gasteiger partial charge on any atom is 0.238 e. The Morgan fingerprint density at radius 1 is 1.16 bits per heavy atom. The second kappa shape index (κ2) is 10.4. The summed E-state index contributed by atoms with van der Waals surface area (Å²) < 4.78 is 24.3. The first-order chi connectivity index (χ1) is 15.2. The van der Waals surface area contributed by atoms with Gasteiger partial charge in [-0.05, 0) is 42.3 Å². The highest BCUT2D eigenvalue weighted by molar-refractivity contribution is 7.99. The van der Waals surface area contributed by atoms with Gasteiger partial charge in [-0.2, -0.15) is 0 Å². The number of primary sulfonamides is 1. The summed E-state index contributed by atoms with van der Waals surface area (Å²) >= 11 is 1.24. The zero-order chi connectivity index (χ0) is 23.1. The normalized spacial score (nSPS) is 11.2. The predicted octanol–water partition coefficient (Wildman–Crippen LogP) is 1.32. The number of thioether (sulfide) groups is 1. The third kappa shape index (κ3) is 6.64. The number of aromatic nitrogens is 3. The molecule has 168 valence electrons. The number of sulfonamides is 1. The van der Waals surface area contributed by atoms with Crippen LogP contribution in [0.1, 0.15) is 12.5 Å². The van der Waals surface area contributed by atoms with Crippen LogP contribution in [0.4, 0.5) is 5.69 Å². The van der Waals surface area contributed by atoms with E-state index in [0.717, 1.165) is 11.3 Å². The number of carbonyl (C=O) groups excluding carboxylic acids is 2. The monoisotopic (exact) mass is 474 g/mol. The number of rotatable bonds is 9. The van der Waals surface area contributed by atoms with E-state index in [-0.39, 0.29) is 22.5 Å². The maximum absolute atomic E-state index is 12.2. The SMILES string of the molecule is CC(=O)Nc1cccc(-n2cnnc2SCC(=O)NCCc2ccc(S(N)(=O)=O)cc2)c1. The first-order valence-corrected chi connectivity index (χ1v) is 12.0. The minimum atomic E-state index is -3.72. The van der Waals surface area contributed by atoms with E-state index in [1.165, 1.54) is 30.8 Å². The molecule has 2 aromatic carbocycles. The smallest absolute Gasteiger partial charge is 0.238 e. The Morgan fingerprint density at radius 3 is 2.59 bits per heavy atom. The lowest BCUT2D eigenvalue weighted by Crippen LogP contribution is -2.27. The molecule has 0 fully saturated rings. The molecule has 1 aromatic heterocycles. The van der Waals surface area contributed by atoms with E-state index >= 15 is 0 Å². The molecule has 2 amide bonds. The van der Waals surface area contributed by atoms with Gasteiger partial charge in [0, 0.05) is 19.2 Å². The number of hydrogen-bond donors (Lipinski definition) is 3. The fraction of sp³-hybridized carbons (Fsp3) is 0.200. The summed E-state index contributed by atoms with van der Waals surface area (Å²) in [5.41, 5.74) is 2.28. The third-order valence-corrected chi connectivity index (χ3v) is 6.15. The largest absolute Gasteiger partial charge is 0.355 e. The van der Waals surface area contributed by atoms with Crippen LogP contribution in [0.2, 0.25) is 0 Å². The second-order valence-electron chi connectivity index (χ2n) is 6.79. The van der Waals surface area contributed by atoms with E-state index in [2.05, 4.69) is 20.8 Å². The molecule has 3 rings (SSSR count). The number of carbonyl (C=O) groups is 2. The molecule has 32 heavy (non-hydrogen) atoms. The topological polar surface area (TPSA) is 149 Å². The number of nitrogens with zero attached hydrogens (tertiary/aromatic N) is 3. The number of nitrogens with one attached hydrogen (secondary N) is 2. The zero-order valence-corrected chi connectivity index (χ0v) is 18.8. The van der Waals surface area contributed by atoms with Gasteiger partial charge in [0.05, 0.1) is 16.3 Å². The molecule has 1 heterocycles. The Hall–Kier alpha value is -3.22. The minimum absolute atomic E-state index is 0.0495. The van der Waals surface area contributed by atoms with Crippen LogP contribution in [-0.4, -0.2) is 47.3 Å². The van der Waals surface area contributed by atoms with Crippen molar-refractivity contribution in [3.63, 3.8) is 0 Å². The molecular weight excluding hydrogens is 452 g/mol. The Bertz CT molecular complexity index is 1210. The van der Waals surface area contributed by atoms with Crippen molar-refractivity contribution in [3.05, 3.63) is 60.4 Å². The van der Waals surface area contributed by atoms with E-state index in [1.54, 1.807) is 41.2 Å². The lowest BCUT2D eigenvalue weighted by Gasteiger charge is -2.09. The Balaban J connectivity index is 1.51. The lowest BCUT2D eigenvalue weighted by atomic mass is 10.1. The molecule has 0 saturated heterocycles. The van der Waals surface area contributed by atoms with Crippen molar-refractivity contribution in [2.45, 2.75) is 23.4 Å². The van der Waals surface area contributed by atoms with Crippen molar-refractivity contribution < 1.29 is 18.0 Å². The maximum atomic E-state index is 12.2. The quantitative estimate of drug-likeness (QED) is 0.396. The molecule has 0 aliphatic carbocycles. The highest BCUT2D eigenvalue weighted by atomic mass is 32.2. The van der Waals surface area contributed by atoms with Gasteiger partial charge in [-0.25, -0.2) is 13.6 Å². The summed E-state index contributed by atoms with van der Waals surface area (Å²) in [6, 6.07) is 13.4. The van der Waals surface area contributed by atoms with Crippen molar-refractivity contribution in [2.24, 2.45) is 5.14 Å². The van der Waals surface area contributed by atoms with Crippen LogP contribution in [0.15, 0.2) is 64.9 Å². The van der Waals surface area contributed by atoms with Crippen molar-refractivity contribution in [3.8, 4) is 5.69 Å². The average Bonchev–Trinajstić information content (AvgIpc) is 3.20. The van der Waals surface area contributed by atoms with Gasteiger partial charge in [0.25, 0.3) is 0 Å². The summed E-state index contributed by atoms with van der Waals surface area (Å²) in [6.07, 6.45) is 2.09. The number of benzene rings is 2. The van der Waals surface area contributed by atoms with Gasteiger partial charge in [-0.3, -0.25) is 14.2 Å². The molecule has 0 spiro atoms. The Labute approximate surface area is 189 Å². The minimum Gasteiger partial charge on any atom is -0.355 e. The number of anilines is 1. The van der Waals surface area contributed by atoms with Crippen LogP contribution in [0, 0.1) is 0 Å². The van der Waals surface area contributed by atoms with Gasteiger partial charge in [0.1, 0.15) is 6.33 Å². The third-order valence-electron chi connectivity index (χ3n) is 4.28. The zero-order valence-electron chi connectivity index (χ0n) is 17.2. The van der Waals surface area contributed by atoms with Gasteiger partial charge < -0.3 is 10.6 Å². The van der Waals surface area contributed by atoms with E-state index in [4.69, 9.17) is 5.14 Å². The fourth-order valence-corrected chi connectivity index (χ4v) is 4.08.